The van der Waals surface area contributed by atoms with Crippen LogP contribution in [0.3, 0.4) is 0 Å². The van der Waals surface area contributed by atoms with Crippen LogP contribution in [-0.4, -0.2) is 29.0 Å². The standard InChI is InChI=1S/C13H16N2O8/c1-3-22-12(16)10(14(18)19)8-6-5-7-9-11(15(20)21)13(17)23-4-2/h5-9,16H,3-4H2,1-2H3/p-1/b7-5?,8-6?,11-9?,12-10-. The molecule has 0 unspecified atom stereocenters. The zero-order chi connectivity index (χ0) is 17.8. The quantitative estimate of drug-likeness (QED) is 0.150. The van der Waals surface area contributed by atoms with Gasteiger partial charge < -0.3 is 14.6 Å². The smallest absolute Gasteiger partial charge is 0.409 e. The first kappa shape index (κ1) is 19.8. The van der Waals surface area contributed by atoms with Crippen molar-refractivity contribution in [1.82, 2.24) is 0 Å². The first-order chi connectivity index (χ1) is 10.8. The highest BCUT2D eigenvalue weighted by molar-refractivity contribution is 5.86. The van der Waals surface area contributed by atoms with Gasteiger partial charge in [-0.1, -0.05) is 25.2 Å². The number of rotatable bonds is 9. The number of hydrogen-bond donors (Lipinski definition) is 0. The lowest BCUT2D eigenvalue weighted by Gasteiger charge is -2.10. The SMILES string of the molecule is CCOC(=O)C(=CC=CC=C/C(=C(\[O-])OCC)[N+](=O)[O-])[N+](=O)[O-]. The van der Waals surface area contributed by atoms with Gasteiger partial charge >= 0.3 is 11.7 Å². The van der Waals surface area contributed by atoms with Crippen LogP contribution in [0.15, 0.2) is 47.7 Å². The van der Waals surface area contributed by atoms with E-state index >= 15 is 0 Å². The molecular weight excluding hydrogens is 312 g/mol. The fraction of sp³-hybridized carbons (Fsp3) is 0.308. The Balaban J connectivity index is 5.11. The summed E-state index contributed by atoms with van der Waals surface area (Å²) in [7, 11) is 0. The fourth-order valence-electron chi connectivity index (χ4n) is 1.17. The molecule has 10 nitrogen and oxygen atoms in total. The van der Waals surface area contributed by atoms with Crippen molar-refractivity contribution in [2.75, 3.05) is 13.2 Å². The van der Waals surface area contributed by atoms with Gasteiger partial charge in [-0.2, -0.15) is 0 Å². The maximum Gasteiger partial charge on any atom is 0.409 e. The van der Waals surface area contributed by atoms with E-state index in [0.717, 1.165) is 24.3 Å². The van der Waals surface area contributed by atoms with E-state index in [9.17, 15) is 30.1 Å². The van der Waals surface area contributed by atoms with E-state index in [2.05, 4.69) is 9.47 Å². The molecule has 0 aliphatic heterocycles. The summed E-state index contributed by atoms with van der Waals surface area (Å²) in [5.41, 5.74) is -1.58. The Kier molecular flexibility index (Phi) is 9.09. The number of allylic oxidation sites excluding steroid dienone is 5. The van der Waals surface area contributed by atoms with Crippen molar-refractivity contribution in [1.29, 1.82) is 0 Å². The summed E-state index contributed by atoms with van der Waals surface area (Å²) < 4.78 is 8.99. The zero-order valence-electron chi connectivity index (χ0n) is 12.5. The highest BCUT2D eigenvalue weighted by atomic mass is 16.6. The number of nitro groups is 2. The van der Waals surface area contributed by atoms with Gasteiger partial charge in [0.05, 0.1) is 16.5 Å². The van der Waals surface area contributed by atoms with Crippen LogP contribution in [0.5, 0.6) is 0 Å². The first-order valence-corrected chi connectivity index (χ1v) is 6.40. The third-order valence-electron chi connectivity index (χ3n) is 2.09. The molecule has 0 aromatic heterocycles. The third kappa shape index (κ3) is 7.41. The number of nitrogens with zero attached hydrogens (tertiary/aromatic N) is 2. The van der Waals surface area contributed by atoms with E-state index < -0.39 is 33.2 Å². The topological polar surface area (TPSA) is 145 Å². The number of esters is 1. The fourth-order valence-corrected chi connectivity index (χ4v) is 1.17. The maximum absolute atomic E-state index is 11.3. The first-order valence-electron chi connectivity index (χ1n) is 6.40. The van der Waals surface area contributed by atoms with Crippen molar-refractivity contribution >= 4 is 5.97 Å². The van der Waals surface area contributed by atoms with Crippen molar-refractivity contribution < 1.29 is 29.2 Å². The van der Waals surface area contributed by atoms with Gasteiger partial charge in [0.1, 0.15) is 5.95 Å². The molecule has 0 spiro atoms. The third-order valence-corrected chi connectivity index (χ3v) is 2.09. The van der Waals surface area contributed by atoms with Gasteiger partial charge in [-0.05, 0) is 13.5 Å². The lowest BCUT2D eigenvalue weighted by atomic mass is 10.3. The lowest BCUT2D eigenvalue weighted by Crippen LogP contribution is -2.15. The van der Waals surface area contributed by atoms with Gasteiger partial charge in [-0.3, -0.25) is 20.2 Å². The molecule has 0 radical (unpaired) electrons. The van der Waals surface area contributed by atoms with E-state index in [0.29, 0.717) is 0 Å². The second kappa shape index (κ2) is 10.5. The average Bonchev–Trinajstić information content (AvgIpc) is 2.45. The van der Waals surface area contributed by atoms with Crippen molar-refractivity contribution in [2.24, 2.45) is 0 Å². The van der Waals surface area contributed by atoms with Crippen LogP contribution in [0.2, 0.25) is 0 Å². The molecule has 0 rings (SSSR count). The zero-order valence-corrected chi connectivity index (χ0v) is 12.5. The van der Waals surface area contributed by atoms with Crippen LogP contribution in [0.4, 0.5) is 0 Å². The molecule has 10 heteroatoms. The lowest BCUT2D eigenvalue weighted by molar-refractivity contribution is -0.450. The van der Waals surface area contributed by atoms with Gasteiger partial charge in [-0.25, -0.2) is 4.79 Å². The summed E-state index contributed by atoms with van der Waals surface area (Å²) in [6, 6.07) is 0. The van der Waals surface area contributed by atoms with Crippen LogP contribution in [0.1, 0.15) is 13.8 Å². The predicted molar refractivity (Wildman–Crippen MR) is 75.6 cm³/mol. The molecule has 0 aromatic rings. The minimum absolute atomic E-state index is 0.0195. The molecule has 23 heavy (non-hydrogen) atoms. The molecule has 0 saturated heterocycles. The summed E-state index contributed by atoms with van der Waals surface area (Å²) in [6.07, 6.45) is 5.13. The minimum Gasteiger partial charge on any atom is -0.609 e. The molecule has 126 valence electrons. The highest BCUT2D eigenvalue weighted by Crippen LogP contribution is 2.04. The monoisotopic (exact) mass is 327 g/mol. The summed E-state index contributed by atoms with van der Waals surface area (Å²) in [4.78, 5) is 30.8. The molecule has 0 amide bonds. The number of carbonyl (C=O) groups is 1. The number of carbonyl (C=O) groups excluding carboxylic acids is 1. The highest BCUT2D eigenvalue weighted by Gasteiger charge is 2.21. The Bertz CT molecular complexity index is 575. The number of ether oxygens (including phenoxy) is 2. The number of hydrogen-bond acceptors (Lipinski definition) is 8. The van der Waals surface area contributed by atoms with Crippen molar-refractivity contribution in [3.63, 3.8) is 0 Å². The molecule has 0 fully saturated rings. The van der Waals surface area contributed by atoms with Crippen LogP contribution >= 0.6 is 0 Å². The molecule has 0 N–H and O–H groups in total. The molecule has 0 aliphatic rings. The molecule has 0 aliphatic carbocycles. The van der Waals surface area contributed by atoms with Crippen LogP contribution in [0.25, 0.3) is 0 Å². The van der Waals surface area contributed by atoms with Crippen LogP contribution in [0, 0.1) is 20.2 Å². The summed E-state index contributed by atoms with van der Waals surface area (Å²) in [5, 5.41) is 32.6. The van der Waals surface area contributed by atoms with Gasteiger partial charge in [-0.15, -0.1) is 0 Å². The van der Waals surface area contributed by atoms with Gasteiger partial charge in [0.25, 0.3) is 5.70 Å². The molecular formula is C13H15N2O8-. The summed E-state index contributed by atoms with van der Waals surface area (Å²) >= 11 is 0. The molecule has 0 saturated carbocycles. The molecule has 0 heterocycles. The van der Waals surface area contributed by atoms with E-state index in [1.165, 1.54) is 19.9 Å². The van der Waals surface area contributed by atoms with Crippen molar-refractivity contribution in [3.8, 4) is 0 Å². The van der Waals surface area contributed by atoms with Crippen LogP contribution in [-0.2, 0) is 14.3 Å². The van der Waals surface area contributed by atoms with E-state index in [4.69, 9.17) is 0 Å². The average molecular weight is 327 g/mol. The van der Waals surface area contributed by atoms with E-state index in [1.807, 2.05) is 0 Å². The minimum atomic E-state index is -1.10. The van der Waals surface area contributed by atoms with Crippen molar-refractivity contribution in [3.05, 3.63) is 67.9 Å². The van der Waals surface area contributed by atoms with Gasteiger partial charge in [0.15, 0.2) is 0 Å². The van der Waals surface area contributed by atoms with Crippen LogP contribution < -0.4 is 5.11 Å². The Labute approximate surface area is 131 Å². The second-order valence-corrected chi connectivity index (χ2v) is 3.64. The maximum atomic E-state index is 11.3. The largest absolute Gasteiger partial charge is 0.609 e. The molecule has 0 aromatic carbocycles. The summed E-state index contributed by atoms with van der Waals surface area (Å²) in [5.74, 6) is -2.20. The van der Waals surface area contributed by atoms with Crippen molar-refractivity contribution in [2.45, 2.75) is 13.8 Å². The predicted octanol–water partition coefficient (Wildman–Crippen LogP) is 0.665. The van der Waals surface area contributed by atoms with Gasteiger partial charge in [0, 0.05) is 12.2 Å². The Hall–Kier alpha value is -3.17. The Morgan fingerprint density at radius 2 is 1.61 bits per heavy atom. The normalized spacial score (nSPS) is 13.0. The molecule has 0 atom stereocenters. The molecule has 0 bridgehead atoms. The van der Waals surface area contributed by atoms with E-state index in [-0.39, 0.29) is 13.2 Å². The summed E-state index contributed by atoms with van der Waals surface area (Å²) in [6.45, 7) is 2.96. The second-order valence-electron chi connectivity index (χ2n) is 3.64. The van der Waals surface area contributed by atoms with E-state index in [1.54, 1.807) is 0 Å². The Morgan fingerprint density at radius 3 is 2.09 bits per heavy atom. The van der Waals surface area contributed by atoms with Gasteiger partial charge in [0.2, 0.25) is 0 Å². The Morgan fingerprint density at radius 1 is 1.00 bits per heavy atom.